The van der Waals surface area contributed by atoms with Gasteiger partial charge in [-0.25, -0.2) is 0 Å². The summed E-state index contributed by atoms with van der Waals surface area (Å²) in [5.41, 5.74) is -5.03. The van der Waals surface area contributed by atoms with Crippen molar-refractivity contribution in [2.24, 2.45) is 21.7 Å². The number of carbonyl (C=O) groups excluding carboxylic acids is 4. The number of carbonyl (C=O) groups is 4. The van der Waals surface area contributed by atoms with Gasteiger partial charge in [0.15, 0.2) is 0 Å². The summed E-state index contributed by atoms with van der Waals surface area (Å²) in [4.78, 5) is 53.7. The highest BCUT2D eigenvalue weighted by Crippen LogP contribution is 2.74. The van der Waals surface area contributed by atoms with Crippen LogP contribution in [0.2, 0.25) is 0 Å². The Kier molecular flexibility index (Phi) is 7.19. The van der Waals surface area contributed by atoms with Crippen molar-refractivity contribution >= 4 is 23.9 Å². The highest BCUT2D eigenvalue weighted by atomic mass is 16.5. The molecule has 0 aromatic heterocycles. The summed E-state index contributed by atoms with van der Waals surface area (Å²) < 4.78 is 21.7. The Hall–Kier alpha value is -3.16. The van der Waals surface area contributed by atoms with Crippen molar-refractivity contribution in [3.63, 3.8) is 0 Å². The second-order valence-corrected chi connectivity index (χ2v) is 9.73. The molecule has 0 amide bonds. The van der Waals surface area contributed by atoms with E-state index in [4.69, 9.17) is 18.9 Å². The molecular weight excluding hydrogens is 440 g/mol. The van der Waals surface area contributed by atoms with E-state index in [-0.39, 0.29) is 65.0 Å². The monoisotopic (exact) mass is 472 g/mol. The average Bonchev–Trinajstić information content (AvgIpc) is 2.81. The second kappa shape index (κ2) is 9.60. The lowest BCUT2D eigenvalue weighted by Crippen LogP contribution is -2.69. The molecule has 0 spiro atoms. The van der Waals surface area contributed by atoms with Crippen molar-refractivity contribution in [3.05, 3.63) is 50.6 Å². The van der Waals surface area contributed by atoms with E-state index in [0.29, 0.717) is 0 Å². The maximum absolute atomic E-state index is 13.4. The van der Waals surface area contributed by atoms with Crippen LogP contribution in [-0.2, 0) is 38.1 Å². The molecule has 0 atom stereocenters. The third kappa shape index (κ3) is 4.21. The highest BCUT2D eigenvalue weighted by molar-refractivity contribution is 5.92. The van der Waals surface area contributed by atoms with Crippen LogP contribution in [0.1, 0.15) is 38.5 Å². The van der Waals surface area contributed by atoms with Crippen molar-refractivity contribution < 1.29 is 38.1 Å². The van der Waals surface area contributed by atoms with Gasteiger partial charge in [-0.15, -0.1) is 0 Å². The molecule has 8 heteroatoms. The summed E-state index contributed by atoms with van der Waals surface area (Å²) in [6.07, 6.45) is 6.42. The topological polar surface area (TPSA) is 105 Å². The molecule has 4 aliphatic rings. The molecule has 0 aliphatic heterocycles. The molecule has 4 bridgehead atoms. The van der Waals surface area contributed by atoms with Crippen LogP contribution < -0.4 is 0 Å². The first-order valence-electron chi connectivity index (χ1n) is 11.3. The molecule has 4 saturated carbocycles. The summed E-state index contributed by atoms with van der Waals surface area (Å²) >= 11 is 0. The Morgan fingerprint density at radius 1 is 0.471 bits per heavy atom. The van der Waals surface area contributed by atoms with E-state index >= 15 is 0 Å². The molecule has 0 aromatic carbocycles. The molecule has 0 unspecified atom stereocenters. The van der Waals surface area contributed by atoms with Gasteiger partial charge in [0.2, 0.25) is 0 Å². The first-order valence-corrected chi connectivity index (χ1v) is 11.3. The van der Waals surface area contributed by atoms with E-state index in [2.05, 4.69) is 26.3 Å². The van der Waals surface area contributed by atoms with Crippen LogP contribution in [0.25, 0.3) is 0 Å². The van der Waals surface area contributed by atoms with Gasteiger partial charge in [0.25, 0.3) is 0 Å². The molecule has 0 N–H and O–H groups in total. The Bertz CT molecular complexity index is 732. The second-order valence-electron chi connectivity index (χ2n) is 9.73. The molecule has 4 fully saturated rings. The Morgan fingerprint density at radius 3 is 0.794 bits per heavy atom. The zero-order chi connectivity index (χ0) is 25.0. The van der Waals surface area contributed by atoms with E-state index in [1.165, 1.54) is 24.3 Å². The zero-order valence-electron chi connectivity index (χ0n) is 19.5. The van der Waals surface area contributed by atoms with E-state index in [0.717, 1.165) is 0 Å². The number of hydrogen-bond acceptors (Lipinski definition) is 8. The highest BCUT2D eigenvalue weighted by Gasteiger charge is 2.77. The van der Waals surface area contributed by atoms with Gasteiger partial charge in [-0.1, -0.05) is 50.6 Å². The quantitative estimate of drug-likeness (QED) is 0.242. The third-order valence-electron chi connectivity index (χ3n) is 7.12. The third-order valence-corrected chi connectivity index (χ3v) is 7.12. The maximum atomic E-state index is 13.4. The van der Waals surface area contributed by atoms with Crippen LogP contribution in [0.15, 0.2) is 50.6 Å². The maximum Gasteiger partial charge on any atom is 0.312 e. The van der Waals surface area contributed by atoms with Crippen molar-refractivity contribution in [2.45, 2.75) is 38.5 Å². The zero-order valence-corrected chi connectivity index (χ0v) is 19.5. The van der Waals surface area contributed by atoms with Crippen LogP contribution in [0.3, 0.4) is 0 Å². The summed E-state index contributed by atoms with van der Waals surface area (Å²) in [5, 5.41) is 0. The van der Waals surface area contributed by atoms with Crippen molar-refractivity contribution in [2.75, 3.05) is 26.4 Å². The molecule has 184 valence electrons. The van der Waals surface area contributed by atoms with E-state index in [1.54, 1.807) is 0 Å². The predicted octanol–water partition coefficient (Wildman–Crippen LogP) is 3.23. The minimum atomic E-state index is -1.26. The average molecular weight is 473 g/mol. The van der Waals surface area contributed by atoms with Crippen molar-refractivity contribution in [1.29, 1.82) is 0 Å². The predicted molar refractivity (Wildman–Crippen MR) is 122 cm³/mol. The normalized spacial score (nSPS) is 32.7. The number of ether oxygens (including phenoxy) is 4. The molecule has 4 rings (SSSR count). The van der Waals surface area contributed by atoms with Gasteiger partial charge in [-0.2, -0.15) is 0 Å². The SMILES string of the molecule is C=CCOC(=O)C12CC3(C(=O)OCC=C)CC(C(=O)OCC=C)(C1)CC(C(=O)OCC=C)(C2)C3. The fraction of sp³-hybridized carbons (Fsp3) is 0.538. The molecule has 0 radical (unpaired) electrons. The first-order chi connectivity index (χ1) is 16.2. The first kappa shape index (κ1) is 25.5. The molecular formula is C26H32O8. The lowest BCUT2D eigenvalue weighted by molar-refractivity contribution is -0.235. The minimum Gasteiger partial charge on any atom is -0.461 e. The van der Waals surface area contributed by atoms with E-state index in [9.17, 15) is 19.2 Å². The minimum absolute atomic E-state index is 0.0314. The molecule has 4 aliphatic carbocycles. The van der Waals surface area contributed by atoms with Crippen LogP contribution >= 0.6 is 0 Å². The Balaban J connectivity index is 2.15. The van der Waals surface area contributed by atoms with Gasteiger partial charge in [-0.3, -0.25) is 19.2 Å². The van der Waals surface area contributed by atoms with Gasteiger partial charge in [0.1, 0.15) is 26.4 Å². The van der Waals surface area contributed by atoms with Crippen LogP contribution in [-0.4, -0.2) is 50.3 Å². The van der Waals surface area contributed by atoms with Gasteiger partial charge < -0.3 is 18.9 Å². The van der Waals surface area contributed by atoms with Crippen LogP contribution in [0.5, 0.6) is 0 Å². The molecule has 0 aromatic rings. The Labute approximate surface area is 199 Å². The van der Waals surface area contributed by atoms with Crippen molar-refractivity contribution in [1.82, 2.24) is 0 Å². The molecule has 0 heterocycles. The lowest BCUT2D eigenvalue weighted by Gasteiger charge is -2.66. The van der Waals surface area contributed by atoms with Crippen LogP contribution in [0.4, 0.5) is 0 Å². The van der Waals surface area contributed by atoms with E-state index < -0.39 is 45.5 Å². The summed E-state index contributed by atoms with van der Waals surface area (Å²) in [6.45, 7) is 14.2. The number of hydrogen-bond donors (Lipinski definition) is 0. The fourth-order valence-corrected chi connectivity index (χ4v) is 6.65. The Morgan fingerprint density at radius 2 is 0.647 bits per heavy atom. The van der Waals surface area contributed by atoms with Gasteiger partial charge in [0.05, 0.1) is 21.7 Å². The van der Waals surface area contributed by atoms with Gasteiger partial charge >= 0.3 is 23.9 Å². The standard InChI is InChI=1S/C26H32O8/c1-5-9-31-19(27)23-13-24(20(28)32-10-6-2)16-25(14-23,21(29)33-11-7-3)18-26(15-23,17-24)22(30)34-12-8-4/h5-8H,1-4,9-18H2. The van der Waals surface area contributed by atoms with E-state index in [1.807, 2.05) is 0 Å². The fourth-order valence-electron chi connectivity index (χ4n) is 6.65. The van der Waals surface area contributed by atoms with Gasteiger partial charge in [-0.05, 0) is 38.5 Å². The van der Waals surface area contributed by atoms with Gasteiger partial charge in [0, 0.05) is 0 Å². The summed E-state index contributed by atoms with van der Waals surface area (Å²) in [5.74, 6) is -2.30. The molecule has 0 saturated heterocycles. The summed E-state index contributed by atoms with van der Waals surface area (Å²) in [6, 6.07) is 0. The van der Waals surface area contributed by atoms with Crippen molar-refractivity contribution in [3.8, 4) is 0 Å². The molecule has 34 heavy (non-hydrogen) atoms. The largest absolute Gasteiger partial charge is 0.461 e. The summed E-state index contributed by atoms with van der Waals surface area (Å²) in [7, 11) is 0. The number of rotatable bonds is 12. The van der Waals surface area contributed by atoms with Crippen LogP contribution in [0, 0.1) is 21.7 Å². The smallest absolute Gasteiger partial charge is 0.312 e. The number of esters is 4. The molecule has 8 nitrogen and oxygen atoms in total. The lowest BCUT2D eigenvalue weighted by atomic mass is 9.35.